The summed E-state index contributed by atoms with van der Waals surface area (Å²) in [7, 11) is 0. The van der Waals surface area contributed by atoms with Crippen molar-refractivity contribution in [2.45, 2.75) is 25.8 Å². The number of nitrogens with zero attached hydrogens (tertiary/aromatic N) is 1. The van der Waals surface area contributed by atoms with Gasteiger partial charge in [0.15, 0.2) is 0 Å². The molecule has 2 rings (SSSR count). The highest BCUT2D eigenvalue weighted by Gasteiger charge is 2.24. The number of nitrogens with one attached hydrogen (secondary N) is 1. The Labute approximate surface area is 99.0 Å². The van der Waals surface area contributed by atoms with Crippen LogP contribution >= 0.6 is 11.6 Å². The predicted molar refractivity (Wildman–Crippen MR) is 61.8 cm³/mol. The number of ether oxygens (including phenoxy) is 1. The number of esters is 1. The van der Waals surface area contributed by atoms with Crippen LogP contribution in [0, 0.1) is 0 Å². The van der Waals surface area contributed by atoms with Crippen molar-refractivity contribution >= 4 is 23.3 Å². The second kappa shape index (κ2) is 4.70. The van der Waals surface area contributed by atoms with Gasteiger partial charge in [0.05, 0.1) is 12.3 Å². The summed E-state index contributed by atoms with van der Waals surface area (Å²) in [4.78, 5) is 15.5. The molecule has 4 nitrogen and oxygen atoms in total. The van der Waals surface area contributed by atoms with Crippen LogP contribution in [0.4, 0.5) is 5.69 Å². The van der Waals surface area contributed by atoms with Gasteiger partial charge in [-0.05, 0) is 25.8 Å². The van der Waals surface area contributed by atoms with Crippen LogP contribution in [0.1, 0.15) is 30.1 Å². The number of rotatable bonds is 4. The largest absolute Gasteiger partial charge is 0.462 e. The maximum Gasteiger partial charge on any atom is 0.341 e. The summed E-state index contributed by atoms with van der Waals surface area (Å²) in [5.74, 6) is -0.366. The molecule has 1 fully saturated rings. The van der Waals surface area contributed by atoms with Crippen molar-refractivity contribution in [2.24, 2.45) is 0 Å². The molecular formula is C11H13ClN2O2. The topological polar surface area (TPSA) is 51.2 Å². The van der Waals surface area contributed by atoms with E-state index in [1.807, 2.05) is 0 Å². The molecule has 0 radical (unpaired) electrons. The molecule has 0 bridgehead atoms. The van der Waals surface area contributed by atoms with Gasteiger partial charge in [0.25, 0.3) is 0 Å². The van der Waals surface area contributed by atoms with Crippen LogP contribution in [0.15, 0.2) is 12.3 Å². The fourth-order valence-electron chi connectivity index (χ4n) is 1.37. The highest BCUT2D eigenvalue weighted by atomic mass is 35.5. The number of carbonyl (C=O) groups excluding carboxylic acids is 1. The Bertz CT molecular complexity index is 405. The van der Waals surface area contributed by atoms with E-state index in [0.717, 1.165) is 12.8 Å². The highest BCUT2D eigenvalue weighted by Crippen LogP contribution is 2.28. The summed E-state index contributed by atoms with van der Waals surface area (Å²) in [5, 5.41) is 3.61. The van der Waals surface area contributed by atoms with Gasteiger partial charge in [0, 0.05) is 12.2 Å². The molecule has 1 aliphatic rings. The van der Waals surface area contributed by atoms with E-state index < -0.39 is 0 Å². The fourth-order valence-corrected chi connectivity index (χ4v) is 1.53. The molecule has 1 N–H and O–H groups in total. The van der Waals surface area contributed by atoms with Gasteiger partial charge in [0.1, 0.15) is 10.7 Å². The van der Waals surface area contributed by atoms with Gasteiger partial charge in [-0.15, -0.1) is 0 Å². The maximum atomic E-state index is 11.6. The molecule has 0 aliphatic heterocycles. The summed E-state index contributed by atoms with van der Waals surface area (Å²) < 4.78 is 4.95. The Morgan fingerprint density at radius 1 is 1.69 bits per heavy atom. The molecule has 5 heteroatoms. The van der Waals surface area contributed by atoms with Gasteiger partial charge in [-0.25, -0.2) is 9.78 Å². The average Bonchev–Trinajstić information content (AvgIpc) is 3.02. The van der Waals surface area contributed by atoms with Crippen LogP contribution in [-0.2, 0) is 4.74 Å². The SMILES string of the molecule is CCOC(=O)c1cnc(Cl)cc1NC1CC1. The first-order valence-electron chi connectivity index (χ1n) is 5.30. The lowest BCUT2D eigenvalue weighted by Gasteiger charge is -2.10. The number of hydrogen-bond acceptors (Lipinski definition) is 4. The first-order valence-corrected chi connectivity index (χ1v) is 5.67. The lowest BCUT2D eigenvalue weighted by molar-refractivity contribution is 0.0527. The molecule has 0 spiro atoms. The first kappa shape index (κ1) is 11.2. The van der Waals surface area contributed by atoms with Crippen molar-refractivity contribution in [1.29, 1.82) is 0 Å². The minimum Gasteiger partial charge on any atom is -0.462 e. The van der Waals surface area contributed by atoms with Crippen molar-refractivity contribution in [3.63, 3.8) is 0 Å². The predicted octanol–water partition coefficient (Wildman–Crippen LogP) is 2.49. The Balaban J connectivity index is 2.23. The second-order valence-corrected chi connectivity index (χ2v) is 4.08. The van der Waals surface area contributed by atoms with E-state index in [1.165, 1.54) is 6.20 Å². The third-order valence-corrected chi connectivity index (χ3v) is 2.51. The van der Waals surface area contributed by atoms with Gasteiger partial charge in [0.2, 0.25) is 0 Å². The van der Waals surface area contributed by atoms with E-state index in [2.05, 4.69) is 10.3 Å². The van der Waals surface area contributed by atoms with E-state index >= 15 is 0 Å². The van der Waals surface area contributed by atoms with E-state index in [-0.39, 0.29) is 5.97 Å². The minimum atomic E-state index is -0.366. The monoisotopic (exact) mass is 240 g/mol. The Morgan fingerprint density at radius 2 is 2.44 bits per heavy atom. The molecule has 0 aromatic carbocycles. The fraction of sp³-hybridized carbons (Fsp3) is 0.455. The van der Waals surface area contributed by atoms with Gasteiger partial charge < -0.3 is 10.1 Å². The standard InChI is InChI=1S/C11H13ClN2O2/c1-2-16-11(15)8-6-13-10(12)5-9(8)14-7-3-4-7/h5-7H,2-4H2,1H3,(H,13,14). The Hall–Kier alpha value is -1.29. The number of hydrogen-bond donors (Lipinski definition) is 1. The smallest absolute Gasteiger partial charge is 0.341 e. The number of aromatic nitrogens is 1. The minimum absolute atomic E-state index is 0.352. The molecule has 1 aromatic rings. The summed E-state index contributed by atoms with van der Waals surface area (Å²) in [5.41, 5.74) is 1.15. The van der Waals surface area contributed by atoms with E-state index in [9.17, 15) is 4.79 Å². The van der Waals surface area contributed by atoms with Gasteiger partial charge in [-0.2, -0.15) is 0 Å². The van der Waals surface area contributed by atoms with Crippen molar-refractivity contribution in [3.8, 4) is 0 Å². The summed E-state index contributed by atoms with van der Waals surface area (Å²) >= 11 is 5.80. The van der Waals surface area contributed by atoms with Crippen LogP contribution in [0.2, 0.25) is 5.15 Å². The molecular weight excluding hydrogens is 228 g/mol. The van der Waals surface area contributed by atoms with E-state index in [0.29, 0.717) is 29.1 Å². The molecule has 1 aromatic heterocycles. The van der Waals surface area contributed by atoms with Crippen molar-refractivity contribution in [1.82, 2.24) is 4.98 Å². The number of halogens is 1. The molecule has 16 heavy (non-hydrogen) atoms. The quantitative estimate of drug-likeness (QED) is 0.649. The zero-order valence-electron chi connectivity index (χ0n) is 9.00. The highest BCUT2D eigenvalue weighted by molar-refractivity contribution is 6.29. The lowest BCUT2D eigenvalue weighted by Crippen LogP contribution is -2.11. The molecule has 86 valence electrons. The van der Waals surface area contributed by atoms with Crippen molar-refractivity contribution in [3.05, 3.63) is 23.0 Å². The number of pyridine rings is 1. The maximum absolute atomic E-state index is 11.6. The molecule has 1 aliphatic carbocycles. The molecule has 1 heterocycles. The Morgan fingerprint density at radius 3 is 3.06 bits per heavy atom. The first-order chi connectivity index (χ1) is 7.70. The molecule has 0 unspecified atom stereocenters. The molecule has 1 saturated carbocycles. The molecule has 0 saturated heterocycles. The van der Waals surface area contributed by atoms with Crippen LogP contribution < -0.4 is 5.32 Å². The lowest BCUT2D eigenvalue weighted by atomic mass is 10.2. The molecule has 0 atom stereocenters. The van der Waals surface area contributed by atoms with Crippen molar-refractivity contribution in [2.75, 3.05) is 11.9 Å². The summed E-state index contributed by atoms with van der Waals surface area (Å²) in [6.45, 7) is 2.12. The van der Waals surface area contributed by atoms with Crippen LogP contribution in [0.3, 0.4) is 0 Å². The zero-order valence-corrected chi connectivity index (χ0v) is 9.75. The third kappa shape index (κ3) is 2.64. The second-order valence-electron chi connectivity index (χ2n) is 3.69. The normalized spacial score (nSPS) is 14.6. The number of anilines is 1. The number of carbonyl (C=O) groups is 1. The summed E-state index contributed by atoms with van der Waals surface area (Å²) in [6, 6.07) is 2.11. The van der Waals surface area contributed by atoms with Crippen LogP contribution in [-0.4, -0.2) is 23.6 Å². The van der Waals surface area contributed by atoms with Gasteiger partial charge in [-0.3, -0.25) is 0 Å². The van der Waals surface area contributed by atoms with E-state index in [1.54, 1.807) is 13.0 Å². The van der Waals surface area contributed by atoms with Gasteiger partial charge >= 0.3 is 5.97 Å². The zero-order chi connectivity index (χ0) is 11.5. The van der Waals surface area contributed by atoms with Crippen molar-refractivity contribution < 1.29 is 9.53 Å². The van der Waals surface area contributed by atoms with Crippen LogP contribution in [0.25, 0.3) is 0 Å². The Kier molecular flexibility index (Phi) is 3.29. The summed E-state index contributed by atoms with van der Waals surface area (Å²) in [6.07, 6.45) is 3.70. The third-order valence-electron chi connectivity index (χ3n) is 2.30. The van der Waals surface area contributed by atoms with Gasteiger partial charge in [-0.1, -0.05) is 11.6 Å². The average molecular weight is 241 g/mol. The van der Waals surface area contributed by atoms with Crippen LogP contribution in [0.5, 0.6) is 0 Å². The molecule has 0 amide bonds. The van der Waals surface area contributed by atoms with E-state index in [4.69, 9.17) is 16.3 Å².